The zero-order valence-corrected chi connectivity index (χ0v) is 8.22. The van der Waals surface area contributed by atoms with E-state index in [1.54, 1.807) is 0 Å². The number of hydrogen-bond donors (Lipinski definition) is 1. The molecular formula is C9H19NO2. The Bertz CT molecular complexity index is 126. The third-order valence-electron chi connectivity index (χ3n) is 1.67. The molecule has 1 N–H and O–H groups in total. The Morgan fingerprint density at radius 1 is 1.50 bits per heavy atom. The van der Waals surface area contributed by atoms with Crippen molar-refractivity contribution in [1.82, 2.24) is 5.32 Å². The summed E-state index contributed by atoms with van der Waals surface area (Å²) in [5.41, 5.74) is 0. The number of nitrogens with one attached hydrogen (secondary N) is 1. The van der Waals surface area contributed by atoms with Gasteiger partial charge in [0.1, 0.15) is 0 Å². The molecule has 0 aliphatic heterocycles. The van der Waals surface area contributed by atoms with Gasteiger partial charge in [0.25, 0.3) is 0 Å². The Labute approximate surface area is 74.5 Å². The van der Waals surface area contributed by atoms with Crippen LogP contribution in [0.25, 0.3) is 0 Å². The minimum atomic E-state index is -0.155. The standard InChI is InChI=1S/C9H19NO2/c1-4-6-12-9(11)7-10-8(3)5-2/h8,10H,4-7H2,1-3H3. The van der Waals surface area contributed by atoms with Crippen LogP contribution in [0.5, 0.6) is 0 Å². The van der Waals surface area contributed by atoms with E-state index in [1.807, 2.05) is 13.8 Å². The van der Waals surface area contributed by atoms with Gasteiger partial charge in [-0.2, -0.15) is 0 Å². The summed E-state index contributed by atoms with van der Waals surface area (Å²) in [4.78, 5) is 10.9. The maximum absolute atomic E-state index is 10.9. The molecule has 0 spiro atoms. The van der Waals surface area contributed by atoms with Gasteiger partial charge in [-0.1, -0.05) is 13.8 Å². The van der Waals surface area contributed by atoms with Gasteiger partial charge in [-0.05, 0) is 19.8 Å². The Kier molecular flexibility index (Phi) is 6.76. The summed E-state index contributed by atoms with van der Waals surface area (Å²) < 4.78 is 4.88. The molecule has 0 saturated carbocycles. The lowest BCUT2D eigenvalue weighted by Crippen LogP contribution is -2.31. The fourth-order valence-electron chi connectivity index (χ4n) is 0.669. The molecule has 0 aromatic heterocycles. The molecule has 0 radical (unpaired) electrons. The smallest absolute Gasteiger partial charge is 0.319 e. The molecule has 0 aliphatic rings. The second kappa shape index (κ2) is 7.10. The predicted octanol–water partition coefficient (Wildman–Crippen LogP) is 1.33. The first-order valence-electron chi connectivity index (χ1n) is 4.59. The van der Waals surface area contributed by atoms with Crippen molar-refractivity contribution in [3.8, 4) is 0 Å². The molecule has 0 aliphatic carbocycles. The maximum atomic E-state index is 10.9. The monoisotopic (exact) mass is 173 g/mol. The van der Waals surface area contributed by atoms with Crippen LogP contribution in [0.15, 0.2) is 0 Å². The van der Waals surface area contributed by atoms with E-state index in [0.717, 1.165) is 12.8 Å². The van der Waals surface area contributed by atoms with Gasteiger partial charge in [0.05, 0.1) is 13.2 Å². The lowest BCUT2D eigenvalue weighted by Gasteiger charge is -2.10. The van der Waals surface area contributed by atoms with Crippen molar-refractivity contribution in [2.75, 3.05) is 13.2 Å². The zero-order valence-electron chi connectivity index (χ0n) is 8.22. The van der Waals surface area contributed by atoms with E-state index in [2.05, 4.69) is 12.2 Å². The van der Waals surface area contributed by atoms with Crippen molar-refractivity contribution in [3.63, 3.8) is 0 Å². The summed E-state index contributed by atoms with van der Waals surface area (Å²) >= 11 is 0. The molecule has 0 saturated heterocycles. The Hall–Kier alpha value is -0.570. The first kappa shape index (κ1) is 11.4. The predicted molar refractivity (Wildman–Crippen MR) is 49.0 cm³/mol. The molecule has 0 aromatic carbocycles. The second-order valence-corrected chi connectivity index (χ2v) is 2.91. The lowest BCUT2D eigenvalue weighted by molar-refractivity contribution is -0.142. The van der Waals surface area contributed by atoms with Gasteiger partial charge in [0.15, 0.2) is 0 Å². The van der Waals surface area contributed by atoms with E-state index in [1.165, 1.54) is 0 Å². The van der Waals surface area contributed by atoms with E-state index in [0.29, 0.717) is 19.2 Å². The minimum Gasteiger partial charge on any atom is -0.465 e. The van der Waals surface area contributed by atoms with Crippen LogP contribution < -0.4 is 5.32 Å². The minimum absolute atomic E-state index is 0.155. The van der Waals surface area contributed by atoms with Crippen molar-refractivity contribution in [2.45, 2.75) is 39.7 Å². The van der Waals surface area contributed by atoms with Crippen LogP contribution in [-0.4, -0.2) is 25.2 Å². The van der Waals surface area contributed by atoms with Gasteiger partial charge in [-0.3, -0.25) is 4.79 Å². The summed E-state index contributed by atoms with van der Waals surface area (Å²) in [7, 11) is 0. The average molecular weight is 173 g/mol. The normalized spacial score (nSPS) is 12.6. The molecule has 1 unspecified atom stereocenters. The Balaban J connectivity index is 3.31. The fourth-order valence-corrected chi connectivity index (χ4v) is 0.669. The van der Waals surface area contributed by atoms with Crippen LogP contribution in [0.1, 0.15) is 33.6 Å². The van der Waals surface area contributed by atoms with Crippen LogP contribution in [0.4, 0.5) is 0 Å². The molecule has 0 bridgehead atoms. The molecule has 3 nitrogen and oxygen atoms in total. The van der Waals surface area contributed by atoms with Gasteiger partial charge in [0, 0.05) is 6.04 Å². The fraction of sp³-hybridized carbons (Fsp3) is 0.889. The third kappa shape index (κ3) is 6.16. The molecule has 72 valence electrons. The highest BCUT2D eigenvalue weighted by atomic mass is 16.5. The number of carbonyl (C=O) groups excluding carboxylic acids is 1. The quantitative estimate of drug-likeness (QED) is 0.616. The van der Waals surface area contributed by atoms with Crippen molar-refractivity contribution in [2.24, 2.45) is 0 Å². The summed E-state index contributed by atoms with van der Waals surface area (Å²) in [6.45, 7) is 6.97. The first-order chi connectivity index (χ1) is 5.70. The number of carbonyl (C=O) groups is 1. The number of hydrogen-bond acceptors (Lipinski definition) is 3. The van der Waals surface area contributed by atoms with Gasteiger partial charge < -0.3 is 10.1 Å². The average Bonchev–Trinajstić information content (AvgIpc) is 2.10. The van der Waals surface area contributed by atoms with Crippen molar-refractivity contribution >= 4 is 5.97 Å². The lowest BCUT2D eigenvalue weighted by atomic mass is 10.3. The molecule has 0 rings (SSSR count). The molecule has 0 amide bonds. The number of esters is 1. The highest BCUT2D eigenvalue weighted by molar-refractivity contribution is 5.71. The van der Waals surface area contributed by atoms with Crippen LogP contribution in [-0.2, 0) is 9.53 Å². The first-order valence-corrected chi connectivity index (χ1v) is 4.59. The SMILES string of the molecule is CCCOC(=O)CNC(C)CC. The zero-order chi connectivity index (χ0) is 9.40. The Morgan fingerprint density at radius 2 is 2.17 bits per heavy atom. The summed E-state index contributed by atoms with van der Waals surface area (Å²) in [6, 6.07) is 0.388. The number of rotatable bonds is 6. The third-order valence-corrected chi connectivity index (χ3v) is 1.67. The maximum Gasteiger partial charge on any atom is 0.319 e. The Morgan fingerprint density at radius 3 is 2.67 bits per heavy atom. The molecule has 0 fully saturated rings. The number of ether oxygens (including phenoxy) is 1. The molecule has 3 heteroatoms. The topological polar surface area (TPSA) is 38.3 Å². The van der Waals surface area contributed by atoms with Crippen molar-refractivity contribution < 1.29 is 9.53 Å². The van der Waals surface area contributed by atoms with Crippen LogP contribution in [0.3, 0.4) is 0 Å². The van der Waals surface area contributed by atoms with E-state index >= 15 is 0 Å². The second-order valence-electron chi connectivity index (χ2n) is 2.91. The van der Waals surface area contributed by atoms with Crippen molar-refractivity contribution in [3.05, 3.63) is 0 Å². The summed E-state index contributed by atoms with van der Waals surface area (Å²) in [5, 5.41) is 3.07. The van der Waals surface area contributed by atoms with Crippen LogP contribution >= 0.6 is 0 Å². The molecule has 12 heavy (non-hydrogen) atoms. The van der Waals surface area contributed by atoms with Gasteiger partial charge in [0.2, 0.25) is 0 Å². The molecular weight excluding hydrogens is 154 g/mol. The van der Waals surface area contributed by atoms with E-state index in [-0.39, 0.29) is 5.97 Å². The van der Waals surface area contributed by atoms with E-state index < -0.39 is 0 Å². The molecule has 0 heterocycles. The summed E-state index contributed by atoms with van der Waals surface area (Å²) in [6.07, 6.45) is 1.91. The van der Waals surface area contributed by atoms with E-state index in [4.69, 9.17) is 4.74 Å². The van der Waals surface area contributed by atoms with E-state index in [9.17, 15) is 4.79 Å². The van der Waals surface area contributed by atoms with Crippen molar-refractivity contribution in [1.29, 1.82) is 0 Å². The van der Waals surface area contributed by atoms with Gasteiger partial charge in [-0.15, -0.1) is 0 Å². The highest BCUT2D eigenvalue weighted by Gasteiger charge is 2.03. The summed E-state index contributed by atoms with van der Waals surface area (Å²) in [5.74, 6) is -0.155. The molecule has 1 atom stereocenters. The molecule has 0 aromatic rings. The van der Waals surface area contributed by atoms with Crippen LogP contribution in [0.2, 0.25) is 0 Å². The van der Waals surface area contributed by atoms with Gasteiger partial charge in [-0.25, -0.2) is 0 Å². The van der Waals surface area contributed by atoms with Crippen LogP contribution in [0, 0.1) is 0 Å². The largest absolute Gasteiger partial charge is 0.465 e. The highest BCUT2D eigenvalue weighted by Crippen LogP contribution is 1.87. The van der Waals surface area contributed by atoms with Gasteiger partial charge >= 0.3 is 5.97 Å².